The highest BCUT2D eigenvalue weighted by Crippen LogP contribution is 2.37. The first-order valence-electron chi connectivity index (χ1n) is 5.89. The average molecular weight is 233 g/mol. The summed E-state index contributed by atoms with van der Waals surface area (Å²) < 4.78 is 0. The van der Waals surface area contributed by atoms with Crippen LogP contribution in [0, 0.1) is 5.92 Å². The second kappa shape index (κ2) is 4.13. The Kier molecular flexibility index (Phi) is 2.64. The van der Waals surface area contributed by atoms with Gasteiger partial charge in [-0.15, -0.1) is 11.8 Å². The summed E-state index contributed by atoms with van der Waals surface area (Å²) in [7, 11) is 0. The Bertz CT molecular complexity index is 414. The number of thioether (sulfide) groups is 1. The molecule has 3 rings (SSSR count). The van der Waals surface area contributed by atoms with Crippen molar-refractivity contribution in [3.63, 3.8) is 0 Å². The number of hydrogen-bond donors (Lipinski definition) is 0. The van der Waals surface area contributed by atoms with Gasteiger partial charge in [-0.1, -0.05) is 18.6 Å². The van der Waals surface area contributed by atoms with Gasteiger partial charge in [0.15, 0.2) is 0 Å². The Hall–Kier alpha value is -0.960. The van der Waals surface area contributed by atoms with Gasteiger partial charge in [-0.05, 0) is 25.0 Å². The van der Waals surface area contributed by atoms with Gasteiger partial charge in [-0.25, -0.2) is 0 Å². The molecule has 2 nitrogen and oxygen atoms in total. The number of hydrogen-bond acceptors (Lipinski definition) is 2. The summed E-state index contributed by atoms with van der Waals surface area (Å²) in [5.41, 5.74) is 1.12. The van der Waals surface area contributed by atoms with Crippen LogP contribution in [0.2, 0.25) is 0 Å². The van der Waals surface area contributed by atoms with E-state index in [1.165, 1.54) is 11.3 Å². The second-order valence-electron chi connectivity index (χ2n) is 4.43. The predicted molar refractivity (Wildman–Crippen MR) is 66.9 cm³/mol. The van der Waals surface area contributed by atoms with Crippen molar-refractivity contribution in [2.45, 2.75) is 24.2 Å². The van der Waals surface area contributed by atoms with Crippen molar-refractivity contribution >= 4 is 23.4 Å². The SMILES string of the molecule is O=C(C1CCC1)N1CCSc2ccccc21. The van der Waals surface area contributed by atoms with Crippen molar-refractivity contribution in [3.05, 3.63) is 24.3 Å². The van der Waals surface area contributed by atoms with Crippen LogP contribution in [0.1, 0.15) is 19.3 Å². The lowest BCUT2D eigenvalue weighted by Crippen LogP contribution is -2.41. The van der Waals surface area contributed by atoms with E-state index in [0.717, 1.165) is 30.8 Å². The molecule has 1 aromatic carbocycles. The van der Waals surface area contributed by atoms with E-state index in [1.54, 1.807) is 0 Å². The molecule has 16 heavy (non-hydrogen) atoms. The highest BCUT2D eigenvalue weighted by Gasteiger charge is 2.32. The first-order chi connectivity index (χ1) is 7.86. The molecule has 0 N–H and O–H groups in total. The molecule has 0 saturated heterocycles. The van der Waals surface area contributed by atoms with Crippen LogP contribution in [0.5, 0.6) is 0 Å². The molecule has 1 aliphatic carbocycles. The summed E-state index contributed by atoms with van der Waals surface area (Å²) in [5.74, 6) is 1.67. The molecule has 0 bridgehead atoms. The van der Waals surface area contributed by atoms with E-state index in [9.17, 15) is 4.79 Å². The fourth-order valence-corrected chi connectivity index (χ4v) is 3.27. The third-order valence-corrected chi connectivity index (χ3v) is 4.49. The molecule has 84 valence electrons. The Morgan fingerprint density at radius 2 is 2.12 bits per heavy atom. The van der Waals surface area contributed by atoms with Crippen LogP contribution in [-0.4, -0.2) is 18.2 Å². The van der Waals surface area contributed by atoms with E-state index in [1.807, 2.05) is 28.8 Å². The van der Waals surface area contributed by atoms with Gasteiger partial charge in [0.2, 0.25) is 5.91 Å². The number of rotatable bonds is 1. The Balaban J connectivity index is 1.89. The van der Waals surface area contributed by atoms with Crippen LogP contribution >= 0.6 is 11.8 Å². The largest absolute Gasteiger partial charge is 0.310 e. The van der Waals surface area contributed by atoms with E-state index in [2.05, 4.69) is 12.1 Å². The summed E-state index contributed by atoms with van der Waals surface area (Å²) in [6.07, 6.45) is 3.40. The number of carbonyl (C=O) groups excluding carboxylic acids is 1. The lowest BCUT2D eigenvalue weighted by molar-refractivity contribution is -0.124. The molecule has 1 fully saturated rings. The molecule has 2 aliphatic rings. The van der Waals surface area contributed by atoms with Crippen molar-refractivity contribution in [1.82, 2.24) is 0 Å². The van der Waals surface area contributed by atoms with Gasteiger partial charge in [-0.3, -0.25) is 4.79 Å². The molecule has 1 aromatic rings. The number of anilines is 1. The normalized spacial score (nSPS) is 20.1. The Morgan fingerprint density at radius 3 is 2.88 bits per heavy atom. The smallest absolute Gasteiger partial charge is 0.230 e. The third kappa shape index (κ3) is 1.63. The van der Waals surface area contributed by atoms with Crippen LogP contribution in [0.25, 0.3) is 0 Å². The van der Waals surface area contributed by atoms with E-state index in [4.69, 9.17) is 0 Å². The first kappa shape index (κ1) is 10.2. The van der Waals surface area contributed by atoms with Crippen molar-refractivity contribution in [3.8, 4) is 0 Å². The Labute approximate surface area is 100 Å². The Morgan fingerprint density at radius 1 is 1.31 bits per heavy atom. The number of fused-ring (bicyclic) bond motifs is 1. The van der Waals surface area contributed by atoms with Gasteiger partial charge in [-0.2, -0.15) is 0 Å². The molecular weight excluding hydrogens is 218 g/mol. The van der Waals surface area contributed by atoms with E-state index in [0.29, 0.717) is 11.8 Å². The fourth-order valence-electron chi connectivity index (χ4n) is 2.27. The van der Waals surface area contributed by atoms with Crippen molar-refractivity contribution in [2.75, 3.05) is 17.2 Å². The van der Waals surface area contributed by atoms with E-state index < -0.39 is 0 Å². The van der Waals surface area contributed by atoms with Crippen molar-refractivity contribution in [2.24, 2.45) is 5.92 Å². The lowest BCUT2D eigenvalue weighted by atomic mass is 9.84. The molecule has 0 radical (unpaired) electrons. The monoisotopic (exact) mass is 233 g/mol. The highest BCUT2D eigenvalue weighted by molar-refractivity contribution is 7.99. The minimum Gasteiger partial charge on any atom is -0.310 e. The van der Waals surface area contributed by atoms with Crippen molar-refractivity contribution < 1.29 is 4.79 Å². The maximum absolute atomic E-state index is 12.3. The molecular formula is C13H15NOS. The number of para-hydroxylation sites is 1. The standard InChI is InChI=1S/C13H15NOS/c15-13(10-4-3-5-10)14-8-9-16-12-7-2-1-6-11(12)14/h1-2,6-7,10H,3-5,8-9H2. The van der Waals surface area contributed by atoms with Gasteiger partial charge in [0.25, 0.3) is 0 Å². The van der Waals surface area contributed by atoms with Gasteiger partial charge in [0.05, 0.1) is 5.69 Å². The summed E-state index contributed by atoms with van der Waals surface area (Å²) >= 11 is 1.85. The summed E-state index contributed by atoms with van der Waals surface area (Å²) in [6, 6.07) is 8.24. The maximum atomic E-state index is 12.3. The van der Waals surface area contributed by atoms with Crippen LogP contribution in [0.15, 0.2) is 29.2 Å². The van der Waals surface area contributed by atoms with Gasteiger partial charge in [0.1, 0.15) is 0 Å². The van der Waals surface area contributed by atoms with Gasteiger partial charge in [0, 0.05) is 23.1 Å². The fraction of sp³-hybridized carbons (Fsp3) is 0.462. The molecule has 0 atom stereocenters. The molecule has 1 amide bonds. The average Bonchev–Trinajstić information content (AvgIpc) is 2.26. The topological polar surface area (TPSA) is 20.3 Å². The molecule has 3 heteroatoms. The second-order valence-corrected chi connectivity index (χ2v) is 5.57. The highest BCUT2D eigenvalue weighted by atomic mass is 32.2. The number of carbonyl (C=O) groups is 1. The minimum atomic E-state index is 0.302. The maximum Gasteiger partial charge on any atom is 0.230 e. The third-order valence-electron chi connectivity index (χ3n) is 3.45. The molecule has 1 aliphatic heterocycles. The minimum absolute atomic E-state index is 0.302. The van der Waals surface area contributed by atoms with Crippen LogP contribution in [-0.2, 0) is 4.79 Å². The summed E-state index contributed by atoms with van der Waals surface area (Å²) in [6.45, 7) is 0.872. The molecule has 0 spiro atoms. The van der Waals surface area contributed by atoms with Gasteiger partial charge >= 0.3 is 0 Å². The van der Waals surface area contributed by atoms with E-state index >= 15 is 0 Å². The zero-order valence-electron chi connectivity index (χ0n) is 9.19. The zero-order chi connectivity index (χ0) is 11.0. The number of benzene rings is 1. The van der Waals surface area contributed by atoms with Gasteiger partial charge < -0.3 is 4.90 Å². The summed E-state index contributed by atoms with van der Waals surface area (Å²) in [5, 5.41) is 0. The number of nitrogens with zero attached hydrogens (tertiary/aromatic N) is 1. The van der Waals surface area contributed by atoms with Crippen molar-refractivity contribution in [1.29, 1.82) is 0 Å². The predicted octanol–water partition coefficient (Wildman–Crippen LogP) is 2.93. The lowest BCUT2D eigenvalue weighted by Gasteiger charge is -2.34. The zero-order valence-corrected chi connectivity index (χ0v) is 10.0. The number of amides is 1. The summed E-state index contributed by atoms with van der Waals surface area (Å²) in [4.78, 5) is 15.5. The van der Waals surface area contributed by atoms with Crippen LogP contribution < -0.4 is 4.90 Å². The van der Waals surface area contributed by atoms with Crippen LogP contribution in [0.4, 0.5) is 5.69 Å². The van der Waals surface area contributed by atoms with Crippen LogP contribution in [0.3, 0.4) is 0 Å². The molecule has 0 aromatic heterocycles. The first-order valence-corrected chi connectivity index (χ1v) is 6.88. The quantitative estimate of drug-likeness (QED) is 0.743. The van der Waals surface area contributed by atoms with E-state index in [-0.39, 0.29) is 0 Å². The molecule has 0 unspecified atom stereocenters. The molecule has 1 heterocycles. The molecule has 1 saturated carbocycles.